The third kappa shape index (κ3) is 3.16. The van der Waals surface area contributed by atoms with Gasteiger partial charge in [0.25, 0.3) is 0 Å². The Balaban J connectivity index is 1.38. The normalized spacial score (nSPS) is 15.3. The van der Waals surface area contributed by atoms with Gasteiger partial charge in [0.1, 0.15) is 0 Å². The lowest BCUT2D eigenvalue weighted by atomic mass is 9.94. The smallest absolute Gasteiger partial charge is 0.00203 e. The maximum Gasteiger partial charge on any atom is -0.00203 e. The van der Waals surface area contributed by atoms with Crippen LogP contribution >= 0.6 is 7.92 Å². The fourth-order valence-corrected chi connectivity index (χ4v) is 11.0. The monoisotopic (exact) mass is 516 g/mol. The molecule has 0 N–H and O–H groups in total. The molecule has 0 atom stereocenters. The predicted molar refractivity (Wildman–Crippen MR) is 173 cm³/mol. The Morgan fingerprint density at radius 2 is 0.769 bits per heavy atom. The molecular weight excluding hydrogens is 487 g/mol. The SMILES string of the molecule is c1cc2ccc3ccc(P(c4ccc5ccc6cccc7ccc4c5c67)C4CCCCC4)c4ccc(c1)c2c34. The van der Waals surface area contributed by atoms with Gasteiger partial charge >= 0.3 is 0 Å². The van der Waals surface area contributed by atoms with E-state index in [1.165, 1.54) is 96.7 Å². The molecule has 0 spiro atoms. The molecule has 1 aliphatic carbocycles. The topological polar surface area (TPSA) is 0 Å². The molecule has 8 aromatic carbocycles. The maximum absolute atomic E-state index is 2.50. The lowest BCUT2D eigenvalue weighted by molar-refractivity contribution is 0.513. The van der Waals surface area contributed by atoms with E-state index in [2.05, 4.69) is 109 Å². The minimum Gasteiger partial charge on any atom is -0.0610 e. The first-order valence-electron chi connectivity index (χ1n) is 14.5. The number of hydrogen-bond acceptors (Lipinski definition) is 0. The Hall–Kier alpha value is -3.73. The van der Waals surface area contributed by atoms with Gasteiger partial charge in [-0.25, -0.2) is 0 Å². The van der Waals surface area contributed by atoms with Crippen LogP contribution in [0.15, 0.2) is 109 Å². The number of hydrogen-bond donors (Lipinski definition) is 0. The zero-order valence-corrected chi connectivity index (χ0v) is 22.8. The first-order chi connectivity index (χ1) is 19.3. The summed E-state index contributed by atoms with van der Waals surface area (Å²) in [7, 11) is -0.523. The minimum atomic E-state index is -0.523. The second-order valence-corrected chi connectivity index (χ2v) is 14.0. The molecule has 0 aromatic heterocycles. The lowest BCUT2D eigenvalue weighted by Gasteiger charge is -2.33. The van der Waals surface area contributed by atoms with Crippen LogP contribution in [0.4, 0.5) is 0 Å². The van der Waals surface area contributed by atoms with E-state index in [1.54, 1.807) is 10.6 Å². The molecule has 0 amide bonds. The molecule has 0 saturated heterocycles. The van der Waals surface area contributed by atoms with Crippen molar-refractivity contribution < 1.29 is 0 Å². The zero-order valence-electron chi connectivity index (χ0n) is 22.0. The van der Waals surface area contributed by atoms with Crippen LogP contribution in [-0.2, 0) is 0 Å². The van der Waals surface area contributed by atoms with Crippen molar-refractivity contribution in [2.75, 3.05) is 0 Å². The second-order valence-electron chi connectivity index (χ2n) is 11.5. The molecule has 0 aliphatic heterocycles. The molecular formula is C38H29P. The lowest BCUT2D eigenvalue weighted by Crippen LogP contribution is -2.25. The van der Waals surface area contributed by atoms with E-state index >= 15 is 0 Å². The van der Waals surface area contributed by atoms with Gasteiger partial charge in [-0.05, 0) is 102 Å². The minimum absolute atomic E-state index is 0.523. The van der Waals surface area contributed by atoms with Gasteiger partial charge in [0, 0.05) is 0 Å². The highest BCUT2D eigenvalue weighted by molar-refractivity contribution is 7.74. The zero-order chi connectivity index (χ0) is 25.5. The first kappa shape index (κ1) is 22.1. The highest BCUT2D eigenvalue weighted by Crippen LogP contribution is 2.51. The molecule has 39 heavy (non-hydrogen) atoms. The van der Waals surface area contributed by atoms with E-state index in [1.807, 2.05) is 0 Å². The van der Waals surface area contributed by atoms with Gasteiger partial charge in [0.05, 0.1) is 0 Å². The van der Waals surface area contributed by atoms with E-state index in [4.69, 9.17) is 0 Å². The predicted octanol–water partition coefficient (Wildman–Crippen LogP) is 10.2. The summed E-state index contributed by atoms with van der Waals surface area (Å²) in [6, 6.07) is 42.2. The van der Waals surface area contributed by atoms with E-state index in [0.29, 0.717) is 0 Å². The third-order valence-electron chi connectivity index (χ3n) is 9.47. The highest BCUT2D eigenvalue weighted by atomic mass is 31.1. The fourth-order valence-electron chi connectivity index (χ4n) is 7.72. The van der Waals surface area contributed by atoms with Crippen molar-refractivity contribution in [1.82, 2.24) is 0 Å². The number of benzene rings is 8. The van der Waals surface area contributed by atoms with Crippen molar-refractivity contribution >= 4 is 83.2 Å². The molecule has 8 aromatic rings. The molecule has 0 bridgehead atoms. The van der Waals surface area contributed by atoms with Crippen LogP contribution in [0.5, 0.6) is 0 Å². The van der Waals surface area contributed by atoms with Gasteiger partial charge in [-0.3, -0.25) is 0 Å². The summed E-state index contributed by atoms with van der Waals surface area (Å²) in [5.41, 5.74) is 0.727. The van der Waals surface area contributed by atoms with Gasteiger partial charge in [0.2, 0.25) is 0 Å². The summed E-state index contributed by atoms with van der Waals surface area (Å²) in [5.74, 6) is 0. The Labute approximate surface area is 229 Å². The van der Waals surface area contributed by atoms with Crippen molar-refractivity contribution in [1.29, 1.82) is 0 Å². The van der Waals surface area contributed by atoms with E-state index in [-0.39, 0.29) is 0 Å². The Morgan fingerprint density at radius 3 is 1.23 bits per heavy atom. The van der Waals surface area contributed by atoms with E-state index in [0.717, 1.165) is 5.66 Å². The van der Waals surface area contributed by atoms with Crippen molar-refractivity contribution in [3.8, 4) is 0 Å². The van der Waals surface area contributed by atoms with E-state index < -0.39 is 7.92 Å². The van der Waals surface area contributed by atoms with Crippen LogP contribution in [0.25, 0.3) is 64.6 Å². The Morgan fingerprint density at radius 1 is 0.385 bits per heavy atom. The summed E-state index contributed by atoms with van der Waals surface area (Å²) in [6.45, 7) is 0. The van der Waals surface area contributed by atoms with Gasteiger partial charge in [0.15, 0.2) is 0 Å². The molecule has 1 heteroatoms. The van der Waals surface area contributed by atoms with E-state index in [9.17, 15) is 0 Å². The third-order valence-corrected chi connectivity index (χ3v) is 12.5. The summed E-state index contributed by atoms with van der Waals surface area (Å²) in [5, 5.41) is 20.0. The van der Waals surface area contributed by atoms with Crippen molar-refractivity contribution in [2.24, 2.45) is 0 Å². The summed E-state index contributed by atoms with van der Waals surface area (Å²) in [4.78, 5) is 0. The van der Waals surface area contributed by atoms with Crippen LogP contribution in [-0.4, -0.2) is 5.66 Å². The van der Waals surface area contributed by atoms with Crippen LogP contribution in [0.3, 0.4) is 0 Å². The van der Waals surface area contributed by atoms with Crippen molar-refractivity contribution in [2.45, 2.75) is 37.8 Å². The molecule has 0 radical (unpaired) electrons. The first-order valence-corrected chi connectivity index (χ1v) is 15.9. The van der Waals surface area contributed by atoms with Crippen molar-refractivity contribution in [3.05, 3.63) is 109 Å². The molecule has 0 nitrogen and oxygen atoms in total. The van der Waals surface area contributed by atoms with Gasteiger partial charge in [-0.15, -0.1) is 0 Å². The standard InChI is InChI=1S/C38H29P/c1-2-10-30(11-3-1)39(33-22-18-28-14-12-24-6-4-8-26-16-20-31(33)37(28)35(24)26)34-23-19-29-15-13-25-7-5-9-27-17-21-32(34)38(29)36(25)27/h4-9,12-23,30H,1-3,10-11H2. The van der Waals surface area contributed by atoms with Crippen LogP contribution in [0.2, 0.25) is 0 Å². The number of rotatable bonds is 3. The van der Waals surface area contributed by atoms with Gasteiger partial charge < -0.3 is 0 Å². The van der Waals surface area contributed by atoms with Gasteiger partial charge in [-0.2, -0.15) is 0 Å². The fraction of sp³-hybridized carbons (Fsp3) is 0.158. The van der Waals surface area contributed by atoms with Crippen LogP contribution in [0, 0.1) is 0 Å². The molecule has 186 valence electrons. The van der Waals surface area contributed by atoms with Gasteiger partial charge in [-0.1, -0.05) is 128 Å². The average Bonchev–Trinajstić information content (AvgIpc) is 3.00. The highest BCUT2D eigenvalue weighted by Gasteiger charge is 2.30. The largest absolute Gasteiger partial charge is 0.0610 e. The molecule has 1 aliphatic rings. The molecule has 0 unspecified atom stereocenters. The molecule has 1 fully saturated rings. The van der Waals surface area contributed by atoms with Crippen LogP contribution < -0.4 is 10.6 Å². The molecule has 9 rings (SSSR count). The summed E-state index contributed by atoms with van der Waals surface area (Å²) >= 11 is 0. The molecule has 1 saturated carbocycles. The van der Waals surface area contributed by atoms with Crippen molar-refractivity contribution in [3.63, 3.8) is 0 Å². The molecule has 0 heterocycles. The Bertz CT molecular complexity index is 1990. The second kappa shape index (κ2) is 8.38. The summed E-state index contributed by atoms with van der Waals surface area (Å²) in [6.07, 6.45) is 6.80. The Kier molecular flexibility index (Phi) is 4.76. The van der Waals surface area contributed by atoms with Crippen LogP contribution in [0.1, 0.15) is 32.1 Å². The quantitative estimate of drug-likeness (QED) is 0.162. The summed E-state index contributed by atoms with van der Waals surface area (Å²) < 4.78 is 0. The maximum atomic E-state index is 2.50. The average molecular weight is 517 g/mol.